The molecule has 0 aliphatic carbocycles. The fourth-order valence-electron chi connectivity index (χ4n) is 1.98. The molecule has 24 heavy (non-hydrogen) atoms. The second-order valence-electron chi connectivity index (χ2n) is 5.45. The predicted molar refractivity (Wildman–Crippen MR) is 99.5 cm³/mol. The van der Waals surface area contributed by atoms with Crippen LogP contribution in [-0.2, 0) is 4.79 Å². The topological polar surface area (TPSA) is 94.0 Å². The Hall–Kier alpha value is -1.51. The first kappa shape index (κ1) is 18.8. The number of nitrogens with two attached hydrogens (primary N) is 1. The number of anilines is 1. The minimum Gasteiger partial charge on any atom is -0.414 e. The summed E-state index contributed by atoms with van der Waals surface area (Å²) in [6.07, 6.45) is 2.80. The number of benzene rings is 1. The summed E-state index contributed by atoms with van der Waals surface area (Å²) in [6.45, 7) is 3.95. The van der Waals surface area contributed by atoms with E-state index in [-0.39, 0.29) is 17.7 Å². The first-order valence-corrected chi connectivity index (χ1v) is 9.95. The maximum Gasteiger partial charge on any atom is 0.277 e. The van der Waals surface area contributed by atoms with Crippen molar-refractivity contribution in [1.29, 1.82) is 0 Å². The lowest BCUT2D eigenvalue weighted by Crippen LogP contribution is -2.15. The standard InChI is InChI=1S/C16H22N4O2S2/c1-10-4-5-11(2)13(8-10)18-14(21)9-24-16-20-19-15(22-16)12(17)6-7-23-3/h4-5,8,12H,6-7,9,17H2,1-3H3,(H,18,21). The first-order valence-electron chi connectivity index (χ1n) is 7.57. The summed E-state index contributed by atoms with van der Waals surface area (Å²) in [4.78, 5) is 12.1. The van der Waals surface area contributed by atoms with Crippen LogP contribution in [-0.4, -0.2) is 33.9 Å². The highest BCUT2D eigenvalue weighted by Crippen LogP contribution is 2.22. The molecule has 0 radical (unpaired) electrons. The van der Waals surface area contributed by atoms with Crippen LogP contribution in [0.15, 0.2) is 27.8 Å². The molecule has 1 unspecified atom stereocenters. The number of aryl methyl sites for hydroxylation is 2. The fourth-order valence-corrected chi connectivity index (χ4v) is 3.04. The van der Waals surface area contributed by atoms with Crippen LogP contribution in [0.4, 0.5) is 5.69 Å². The maximum absolute atomic E-state index is 12.1. The van der Waals surface area contributed by atoms with E-state index in [9.17, 15) is 4.79 Å². The lowest BCUT2D eigenvalue weighted by molar-refractivity contribution is -0.113. The molecule has 0 saturated carbocycles. The Labute approximate surface area is 150 Å². The number of nitrogens with one attached hydrogen (secondary N) is 1. The first-order chi connectivity index (χ1) is 11.5. The van der Waals surface area contributed by atoms with Gasteiger partial charge in [-0.25, -0.2) is 0 Å². The van der Waals surface area contributed by atoms with E-state index < -0.39 is 0 Å². The average Bonchev–Trinajstić information content (AvgIpc) is 3.03. The largest absolute Gasteiger partial charge is 0.414 e. The number of amides is 1. The molecule has 0 saturated heterocycles. The van der Waals surface area contributed by atoms with Crippen molar-refractivity contribution in [2.75, 3.05) is 23.1 Å². The van der Waals surface area contributed by atoms with Gasteiger partial charge in [-0.3, -0.25) is 4.79 Å². The number of aromatic nitrogens is 2. The molecule has 1 aromatic carbocycles. The van der Waals surface area contributed by atoms with E-state index >= 15 is 0 Å². The lowest BCUT2D eigenvalue weighted by atomic mass is 10.1. The van der Waals surface area contributed by atoms with E-state index in [0.29, 0.717) is 11.1 Å². The van der Waals surface area contributed by atoms with E-state index in [0.717, 1.165) is 29.0 Å². The summed E-state index contributed by atoms with van der Waals surface area (Å²) >= 11 is 2.93. The van der Waals surface area contributed by atoms with E-state index in [2.05, 4.69) is 15.5 Å². The van der Waals surface area contributed by atoms with Crippen LogP contribution in [0.25, 0.3) is 0 Å². The van der Waals surface area contributed by atoms with Crippen molar-refractivity contribution in [3.8, 4) is 0 Å². The van der Waals surface area contributed by atoms with Gasteiger partial charge in [0.15, 0.2) is 0 Å². The summed E-state index contributed by atoms with van der Waals surface area (Å²) in [7, 11) is 0. The number of carbonyl (C=O) groups is 1. The van der Waals surface area contributed by atoms with Crippen molar-refractivity contribution in [1.82, 2.24) is 10.2 Å². The Morgan fingerprint density at radius 1 is 1.38 bits per heavy atom. The van der Waals surface area contributed by atoms with Crippen LogP contribution in [0.1, 0.15) is 29.5 Å². The van der Waals surface area contributed by atoms with Gasteiger partial charge < -0.3 is 15.5 Å². The molecule has 0 fully saturated rings. The molecule has 0 aliphatic rings. The Bertz CT molecular complexity index is 690. The molecule has 1 aromatic heterocycles. The number of rotatable bonds is 8. The quantitative estimate of drug-likeness (QED) is 0.693. The molecular weight excluding hydrogens is 344 g/mol. The molecule has 6 nitrogen and oxygen atoms in total. The summed E-state index contributed by atoms with van der Waals surface area (Å²) in [5, 5.41) is 11.2. The van der Waals surface area contributed by atoms with Gasteiger partial charge in [-0.15, -0.1) is 10.2 Å². The zero-order valence-electron chi connectivity index (χ0n) is 14.0. The molecule has 0 aliphatic heterocycles. The Morgan fingerprint density at radius 3 is 2.92 bits per heavy atom. The second-order valence-corrected chi connectivity index (χ2v) is 7.36. The molecule has 2 rings (SSSR count). The normalized spacial score (nSPS) is 12.2. The van der Waals surface area contributed by atoms with Crippen LogP contribution in [0.3, 0.4) is 0 Å². The van der Waals surface area contributed by atoms with Crippen molar-refractivity contribution in [2.45, 2.75) is 31.5 Å². The number of thioether (sulfide) groups is 2. The average molecular weight is 367 g/mol. The van der Waals surface area contributed by atoms with Gasteiger partial charge in [0.05, 0.1) is 11.8 Å². The highest BCUT2D eigenvalue weighted by atomic mass is 32.2. The Kier molecular flexibility index (Phi) is 7.14. The zero-order valence-corrected chi connectivity index (χ0v) is 15.7. The van der Waals surface area contributed by atoms with Crippen LogP contribution in [0.2, 0.25) is 0 Å². The molecule has 130 valence electrons. The minimum atomic E-state index is -0.261. The third-order valence-corrected chi connectivity index (χ3v) is 4.83. The van der Waals surface area contributed by atoms with Gasteiger partial charge in [-0.1, -0.05) is 23.9 Å². The number of hydrogen-bond acceptors (Lipinski definition) is 7. The summed E-state index contributed by atoms with van der Waals surface area (Å²) in [5.74, 6) is 1.45. The van der Waals surface area contributed by atoms with Crippen molar-refractivity contribution < 1.29 is 9.21 Å². The minimum absolute atomic E-state index is 0.111. The SMILES string of the molecule is CSCCC(N)c1nnc(SCC(=O)Nc2cc(C)ccc2C)o1. The molecule has 1 heterocycles. The van der Waals surface area contributed by atoms with Crippen LogP contribution in [0, 0.1) is 13.8 Å². The predicted octanol–water partition coefficient (Wildman–Crippen LogP) is 3.17. The zero-order chi connectivity index (χ0) is 17.5. The molecule has 2 aromatic rings. The summed E-state index contributed by atoms with van der Waals surface area (Å²) < 4.78 is 5.51. The van der Waals surface area contributed by atoms with Gasteiger partial charge in [0.1, 0.15) is 0 Å². The fraction of sp³-hybridized carbons (Fsp3) is 0.438. The highest BCUT2D eigenvalue weighted by molar-refractivity contribution is 7.99. The van der Waals surface area contributed by atoms with Gasteiger partial charge in [-0.05, 0) is 49.5 Å². The maximum atomic E-state index is 12.1. The Morgan fingerprint density at radius 2 is 2.17 bits per heavy atom. The van der Waals surface area contributed by atoms with E-state index in [1.54, 1.807) is 11.8 Å². The number of nitrogens with zero attached hydrogens (tertiary/aromatic N) is 2. The van der Waals surface area contributed by atoms with Crippen molar-refractivity contribution in [3.63, 3.8) is 0 Å². The van der Waals surface area contributed by atoms with Gasteiger partial charge in [0.25, 0.3) is 5.22 Å². The lowest BCUT2D eigenvalue weighted by Gasteiger charge is -2.08. The highest BCUT2D eigenvalue weighted by Gasteiger charge is 2.15. The van der Waals surface area contributed by atoms with E-state index in [4.69, 9.17) is 10.2 Å². The third-order valence-electron chi connectivity index (χ3n) is 3.37. The monoisotopic (exact) mass is 366 g/mol. The third kappa shape index (κ3) is 5.54. The van der Waals surface area contributed by atoms with Crippen LogP contribution < -0.4 is 11.1 Å². The van der Waals surface area contributed by atoms with Gasteiger partial charge in [0.2, 0.25) is 11.8 Å². The van der Waals surface area contributed by atoms with E-state index in [1.807, 2.05) is 38.3 Å². The molecule has 1 atom stereocenters. The van der Waals surface area contributed by atoms with Crippen molar-refractivity contribution in [2.24, 2.45) is 5.73 Å². The van der Waals surface area contributed by atoms with Crippen LogP contribution in [0.5, 0.6) is 0 Å². The van der Waals surface area contributed by atoms with Crippen LogP contribution >= 0.6 is 23.5 Å². The van der Waals surface area contributed by atoms with E-state index in [1.165, 1.54) is 11.8 Å². The number of carbonyl (C=O) groups excluding carboxylic acids is 1. The molecular formula is C16H22N4O2S2. The Balaban J connectivity index is 1.86. The van der Waals surface area contributed by atoms with Gasteiger partial charge in [-0.2, -0.15) is 11.8 Å². The molecule has 3 N–H and O–H groups in total. The van der Waals surface area contributed by atoms with Gasteiger partial charge >= 0.3 is 0 Å². The molecule has 8 heteroatoms. The smallest absolute Gasteiger partial charge is 0.277 e. The molecule has 0 bridgehead atoms. The van der Waals surface area contributed by atoms with Gasteiger partial charge in [0, 0.05) is 5.69 Å². The molecule has 0 spiro atoms. The number of hydrogen-bond donors (Lipinski definition) is 2. The summed E-state index contributed by atoms with van der Waals surface area (Å²) in [5.41, 5.74) is 8.94. The molecule has 1 amide bonds. The summed E-state index contributed by atoms with van der Waals surface area (Å²) in [6, 6.07) is 5.69. The van der Waals surface area contributed by atoms with Crippen molar-refractivity contribution >= 4 is 35.1 Å². The second kappa shape index (κ2) is 9.10. The van der Waals surface area contributed by atoms with Crippen molar-refractivity contribution in [3.05, 3.63) is 35.2 Å².